The SMILES string of the molecule is CC(=O)OC1N=C(c2ccccc2)c2c(sc(C)c2C)-n2nc(C(=O)N(C)C)nc21. The number of aryl methyl sites for hydroxylation is 1. The van der Waals surface area contributed by atoms with Crippen molar-refractivity contribution in [1.29, 1.82) is 0 Å². The van der Waals surface area contributed by atoms with E-state index >= 15 is 0 Å². The van der Waals surface area contributed by atoms with Gasteiger partial charge in [0.1, 0.15) is 5.00 Å². The molecular weight excluding hydrogens is 402 g/mol. The highest BCUT2D eigenvalue weighted by Gasteiger charge is 2.34. The van der Waals surface area contributed by atoms with Gasteiger partial charge in [0.05, 0.1) is 5.71 Å². The largest absolute Gasteiger partial charge is 0.432 e. The Kier molecular flexibility index (Phi) is 4.98. The highest BCUT2D eigenvalue weighted by Crippen LogP contribution is 2.38. The Labute approximate surface area is 177 Å². The summed E-state index contributed by atoms with van der Waals surface area (Å²) in [6.45, 7) is 5.38. The molecule has 0 aliphatic carbocycles. The minimum absolute atomic E-state index is 0.0279. The fraction of sp³-hybridized carbons (Fsp3) is 0.286. The maximum absolute atomic E-state index is 12.5. The van der Waals surface area contributed by atoms with Gasteiger partial charge in [-0.2, -0.15) is 0 Å². The molecule has 8 nitrogen and oxygen atoms in total. The molecule has 0 N–H and O–H groups in total. The molecule has 1 atom stereocenters. The monoisotopic (exact) mass is 423 g/mol. The first-order valence-corrected chi connectivity index (χ1v) is 10.2. The number of thiophene rings is 1. The van der Waals surface area contributed by atoms with E-state index in [-0.39, 0.29) is 11.7 Å². The molecule has 1 amide bonds. The number of hydrogen-bond donors (Lipinski definition) is 0. The first-order valence-electron chi connectivity index (χ1n) is 9.37. The van der Waals surface area contributed by atoms with Gasteiger partial charge in [0.15, 0.2) is 5.82 Å². The van der Waals surface area contributed by atoms with Gasteiger partial charge in [-0.15, -0.1) is 16.4 Å². The minimum Gasteiger partial charge on any atom is -0.432 e. The average Bonchev–Trinajstić information content (AvgIpc) is 3.24. The lowest BCUT2D eigenvalue weighted by Gasteiger charge is -2.12. The van der Waals surface area contributed by atoms with Gasteiger partial charge in [-0.25, -0.2) is 14.7 Å². The van der Waals surface area contributed by atoms with Crippen molar-refractivity contribution >= 4 is 28.9 Å². The number of carbonyl (C=O) groups is 2. The van der Waals surface area contributed by atoms with E-state index in [1.54, 1.807) is 18.8 Å². The molecule has 1 aliphatic heterocycles. The van der Waals surface area contributed by atoms with E-state index in [9.17, 15) is 9.59 Å². The molecule has 9 heteroatoms. The summed E-state index contributed by atoms with van der Waals surface area (Å²) in [7, 11) is 3.27. The number of rotatable bonds is 3. The van der Waals surface area contributed by atoms with Crippen LogP contribution in [-0.2, 0) is 9.53 Å². The van der Waals surface area contributed by atoms with E-state index in [0.717, 1.165) is 26.6 Å². The summed E-state index contributed by atoms with van der Waals surface area (Å²) in [5.41, 5.74) is 3.55. The van der Waals surface area contributed by atoms with Crippen LogP contribution in [0.4, 0.5) is 0 Å². The Bertz CT molecular complexity index is 1180. The van der Waals surface area contributed by atoms with Crippen molar-refractivity contribution in [2.75, 3.05) is 14.1 Å². The van der Waals surface area contributed by atoms with Crippen molar-refractivity contribution < 1.29 is 14.3 Å². The topological polar surface area (TPSA) is 89.7 Å². The zero-order valence-corrected chi connectivity index (χ0v) is 18.1. The standard InChI is InChI=1S/C21H21N5O3S/c1-11-12(2)30-21-15(11)16(14-9-7-6-8-10-14)22-19(29-13(3)27)18-23-17(24-26(18)21)20(28)25(4)5/h6-10,19H,1-5H3. The van der Waals surface area contributed by atoms with Crippen LogP contribution in [0.25, 0.3) is 5.00 Å². The number of fused-ring (bicyclic) bond motifs is 3. The highest BCUT2D eigenvalue weighted by molar-refractivity contribution is 7.15. The van der Waals surface area contributed by atoms with E-state index in [1.165, 1.54) is 23.2 Å². The number of aliphatic imine (C=N–C) groups is 1. The van der Waals surface area contributed by atoms with Gasteiger partial charge < -0.3 is 9.64 Å². The van der Waals surface area contributed by atoms with Crippen molar-refractivity contribution in [3.8, 4) is 5.00 Å². The molecule has 154 valence electrons. The number of amides is 1. The third kappa shape index (κ3) is 3.30. The van der Waals surface area contributed by atoms with Crippen molar-refractivity contribution in [3.05, 3.63) is 63.5 Å². The van der Waals surface area contributed by atoms with Crippen LogP contribution in [0.2, 0.25) is 0 Å². The van der Waals surface area contributed by atoms with Crippen molar-refractivity contribution in [3.63, 3.8) is 0 Å². The van der Waals surface area contributed by atoms with Crippen LogP contribution in [0, 0.1) is 13.8 Å². The van der Waals surface area contributed by atoms with Gasteiger partial charge in [0, 0.05) is 37.0 Å². The molecular formula is C21H21N5O3S. The molecule has 30 heavy (non-hydrogen) atoms. The predicted molar refractivity (Wildman–Crippen MR) is 113 cm³/mol. The summed E-state index contributed by atoms with van der Waals surface area (Å²) in [5.74, 6) is -0.510. The Morgan fingerprint density at radius 3 is 2.50 bits per heavy atom. The summed E-state index contributed by atoms with van der Waals surface area (Å²) in [5, 5.41) is 5.27. The molecule has 1 aliphatic rings. The number of aromatic nitrogens is 3. The number of ether oxygens (including phenoxy) is 1. The van der Waals surface area contributed by atoms with E-state index in [2.05, 4.69) is 10.1 Å². The van der Waals surface area contributed by atoms with Crippen molar-refractivity contribution in [2.24, 2.45) is 4.99 Å². The smallest absolute Gasteiger partial charge is 0.304 e. The van der Waals surface area contributed by atoms with Crippen LogP contribution in [-0.4, -0.2) is 51.3 Å². The van der Waals surface area contributed by atoms with E-state index in [1.807, 2.05) is 44.2 Å². The van der Waals surface area contributed by atoms with Gasteiger partial charge in [0.2, 0.25) is 5.82 Å². The zero-order valence-electron chi connectivity index (χ0n) is 17.3. The highest BCUT2D eigenvalue weighted by atomic mass is 32.1. The number of carbonyl (C=O) groups excluding carboxylic acids is 2. The lowest BCUT2D eigenvalue weighted by molar-refractivity contribution is -0.146. The number of esters is 1. The van der Waals surface area contributed by atoms with Gasteiger partial charge in [-0.05, 0) is 19.4 Å². The van der Waals surface area contributed by atoms with Crippen LogP contribution < -0.4 is 0 Å². The fourth-order valence-corrected chi connectivity index (χ4v) is 4.37. The molecule has 3 aromatic rings. The van der Waals surface area contributed by atoms with Crippen LogP contribution in [0.1, 0.15) is 51.2 Å². The van der Waals surface area contributed by atoms with Crippen molar-refractivity contribution in [2.45, 2.75) is 27.0 Å². The molecule has 4 rings (SSSR count). The molecule has 0 bridgehead atoms. The Hall–Kier alpha value is -3.33. The normalized spacial score (nSPS) is 15.0. The quantitative estimate of drug-likeness (QED) is 0.604. The average molecular weight is 423 g/mol. The molecule has 0 radical (unpaired) electrons. The molecule has 3 heterocycles. The Morgan fingerprint density at radius 2 is 1.87 bits per heavy atom. The Morgan fingerprint density at radius 1 is 1.17 bits per heavy atom. The number of nitrogens with zero attached hydrogens (tertiary/aromatic N) is 5. The van der Waals surface area contributed by atoms with Crippen LogP contribution in [0.15, 0.2) is 35.3 Å². The van der Waals surface area contributed by atoms with E-state index in [0.29, 0.717) is 11.5 Å². The molecule has 2 aromatic heterocycles. The second-order valence-corrected chi connectivity index (χ2v) is 8.38. The molecule has 0 spiro atoms. The fourth-order valence-electron chi connectivity index (χ4n) is 3.25. The first-order chi connectivity index (χ1) is 14.3. The summed E-state index contributed by atoms with van der Waals surface area (Å²) >= 11 is 1.54. The van der Waals surface area contributed by atoms with Crippen LogP contribution >= 0.6 is 11.3 Å². The van der Waals surface area contributed by atoms with Gasteiger partial charge in [-0.3, -0.25) is 9.59 Å². The summed E-state index contributed by atoms with van der Waals surface area (Å²) in [6.07, 6.45) is -1.02. The van der Waals surface area contributed by atoms with Gasteiger partial charge in [0.25, 0.3) is 12.1 Å². The molecule has 0 saturated heterocycles. The summed E-state index contributed by atoms with van der Waals surface area (Å²) in [6, 6.07) is 9.72. The maximum Gasteiger partial charge on any atom is 0.304 e. The van der Waals surface area contributed by atoms with Crippen LogP contribution in [0.5, 0.6) is 0 Å². The lowest BCUT2D eigenvalue weighted by Crippen LogP contribution is -2.23. The third-order valence-corrected chi connectivity index (χ3v) is 6.00. The third-order valence-electron chi connectivity index (χ3n) is 4.82. The van der Waals surface area contributed by atoms with E-state index < -0.39 is 12.2 Å². The summed E-state index contributed by atoms with van der Waals surface area (Å²) < 4.78 is 7.09. The Balaban J connectivity index is 2.01. The second-order valence-electron chi connectivity index (χ2n) is 7.17. The molecule has 1 unspecified atom stereocenters. The first kappa shape index (κ1) is 20.0. The number of benzene rings is 1. The maximum atomic E-state index is 12.5. The molecule has 0 fully saturated rings. The van der Waals surface area contributed by atoms with E-state index in [4.69, 9.17) is 9.73 Å². The number of hydrogen-bond acceptors (Lipinski definition) is 7. The summed E-state index contributed by atoms with van der Waals surface area (Å²) in [4.78, 5) is 36.1. The van der Waals surface area contributed by atoms with Crippen molar-refractivity contribution in [1.82, 2.24) is 19.7 Å². The molecule has 0 saturated carbocycles. The minimum atomic E-state index is -1.02. The molecule has 1 aromatic carbocycles. The zero-order chi connectivity index (χ0) is 21.6. The second kappa shape index (κ2) is 7.49. The van der Waals surface area contributed by atoms with Crippen LogP contribution in [0.3, 0.4) is 0 Å². The van der Waals surface area contributed by atoms with Gasteiger partial charge in [-0.1, -0.05) is 30.3 Å². The predicted octanol–water partition coefficient (Wildman–Crippen LogP) is 3.06. The lowest BCUT2D eigenvalue weighted by atomic mass is 10.00. The van der Waals surface area contributed by atoms with Gasteiger partial charge >= 0.3 is 5.97 Å².